The van der Waals surface area contributed by atoms with Crippen LogP contribution >= 0.6 is 0 Å². The van der Waals surface area contributed by atoms with Crippen molar-refractivity contribution in [2.45, 2.75) is 26.8 Å². The van der Waals surface area contributed by atoms with Gasteiger partial charge in [0.1, 0.15) is 0 Å². The van der Waals surface area contributed by atoms with Crippen LogP contribution in [0, 0.1) is 5.41 Å². The molecule has 0 aromatic heterocycles. The first-order valence-electron chi connectivity index (χ1n) is 5.60. The van der Waals surface area contributed by atoms with Crippen molar-refractivity contribution in [3.8, 4) is 0 Å². The average molecular weight is 199 g/mol. The summed E-state index contributed by atoms with van der Waals surface area (Å²) in [6, 6.07) is 0.584. The van der Waals surface area contributed by atoms with E-state index in [0.29, 0.717) is 6.04 Å². The summed E-state index contributed by atoms with van der Waals surface area (Å²) in [4.78, 5) is 4.95. The molecule has 0 amide bonds. The molecule has 0 aromatic rings. The van der Waals surface area contributed by atoms with Gasteiger partial charge < -0.3 is 10.6 Å². The third kappa shape index (κ3) is 2.69. The van der Waals surface area contributed by atoms with E-state index in [9.17, 15) is 0 Å². The summed E-state index contributed by atoms with van der Waals surface area (Å²) in [6.07, 6.45) is 0. The zero-order valence-corrected chi connectivity index (χ0v) is 10.1. The number of nitrogens with zero attached hydrogens (tertiary/aromatic N) is 2. The Hall–Kier alpha value is -0.120. The van der Waals surface area contributed by atoms with Crippen molar-refractivity contribution in [2.75, 3.05) is 39.8 Å². The van der Waals surface area contributed by atoms with Crippen LogP contribution in [-0.4, -0.2) is 55.6 Å². The first kappa shape index (κ1) is 12.0. The fourth-order valence-electron chi connectivity index (χ4n) is 1.87. The molecule has 1 saturated heterocycles. The molecular formula is C11H25N3. The quantitative estimate of drug-likeness (QED) is 0.723. The molecule has 2 N–H and O–H groups in total. The van der Waals surface area contributed by atoms with E-state index in [1.165, 1.54) is 26.2 Å². The highest BCUT2D eigenvalue weighted by molar-refractivity contribution is 4.86. The van der Waals surface area contributed by atoms with E-state index in [1.807, 2.05) is 0 Å². The Morgan fingerprint density at radius 1 is 1.21 bits per heavy atom. The summed E-state index contributed by atoms with van der Waals surface area (Å²) in [5.41, 5.74) is 6.04. The Balaban J connectivity index is 2.49. The lowest BCUT2D eigenvalue weighted by Crippen LogP contribution is -2.54. The fourth-order valence-corrected chi connectivity index (χ4v) is 1.87. The Morgan fingerprint density at radius 2 is 1.71 bits per heavy atom. The Labute approximate surface area is 88.2 Å². The molecule has 3 nitrogen and oxygen atoms in total. The number of piperazine rings is 1. The molecule has 3 heteroatoms. The minimum atomic E-state index is 0.232. The topological polar surface area (TPSA) is 32.5 Å². The third-order valence-electron chi connectivity index (χ3n) is 3.74. The van der Waals surface area contributed by atoms with Gasteiger partial charge in [0.15, 0.2) is 0 Å². The van der Waals surface area contributed by atoms with Gasteiger partial charge in [0.25, 0.3) is 0 Å². The zero-order chi connectivity index (χ0) is 10.8. The molecule has 0 spiro atoms. The number of rotatable bonds is 3. The molecule has 1 atom stereocenters. The molecule has 1 heterocycles. The van der Waals surface area contributed by atoms with Crippen LogP contribution in [0.25, 0.3) is 0 Å². The van der Waals surface area contributed by atoms with Crippen molar-refractivity contribution < 1.29 is 0 Å². The molecule has 14 heavy (non-hydrogen) atoms. The fraction of sp³-hybridized carbons (Fsp3) is 1.00. The van der Waals surface area contributed by atoms with Gasteiger partial charge in [-0.05, 0) is 25.9 Å². The molecule has 0 bridgehead atoms. The predicted octanol–water partition coefficient (Wildman–Crippen LogP) is 0.607. The molecule has 1 rings (SSSR count). The summed E-state index contributed by atoms with van der Waals surface area (Å²) in [6.45, 7) is 12.3. The molecule has 0 radical (unpaired) electrons. The molecule has 1 aliphatic rings. The van der Waals surface area contributed by atoms with E-state index in [1.54, 1.807) is 0 Å². The van der Waals surface area contributed by atoms with Crippen molar-refractivity contribution in [3.63, 3.8) is 0 Å². The smallest absolute Gasteiger partial charge is 0.0131 e. The van der Waals surface area contributed by atoms with E-state index in [-0.39, 0.29) is 5.41 Å². The Bertz CT molecular complexity index is 171. The highest BCUT2D eigenvalue weighted by Gasteiger charge is 2.30. The second-order valence-corrected chi connectivity index (χ2v) is 5.21. The van der Waals surface area contributed by atoms with Gasteiger partial charge in [-0.2, -0.15) is 0 Å². The summed E-state index contributed by atoms with van der Waals surface area (Å²) < 4.78 is 0. The SMILES string of the molecule is CC(N1CCN(C)CC1)C(C)(C)CN. The standard InChI is InChI=1S/C11H25N3/c1-10(11(2,3)9-12)14-7-5-13(4)6-8-14/h10H,5-9,12H2,1-4H3. The van der Waals surface area contributed by atoms with Crippen LogP contribution in [0.2, 0.25) is 0 Å². The lowest BCUT2D eigenvalue weighted by molar-refractivity contribution is 0.0597. The maximum atomic E-state index is 5.80. The van der Waals surface area contributed by atoms with Gasteiger partial charge in [0.05, 0.1) is 0 Å². The van der Waals surface area contributed by atoms with Crippen LogP contribution in [-0.2, 0) is 0 Å². The number of hydrogen-bond donors (Lipinski definition) is 1. The summed E-state index contributed by atoms with van der Waals surface area (Å²) in [5, 5.41) is 0. The molecule has 1 unspecified atom stereocenters. The lowest BCUT2D eigenvalue weighted by atomic mass is 9.84. The van der Waals surface area contributed by atoms with Crippen LogP contribution in [0.15, 0.2) is 0 Å². The van der Waals surface area contributed by atoms with Gasteiger partial charge in [0, 0.05) is 32.2 Å². The second kappa shape index (κ2) is 4.60. The molecular weight excluding hydrogens is 174 g/mol. The van der Waals surface area contributed by atoms with Crippen LogP contribution in [0.3, 0.4) is 0 Å². The van der Waals surface area contributed by atoms with E-state index >= 15 is 0 Å². The van der Waals surface area contributed by atoms with Crippen molar-refractivity contribution in [3.05, 3.63) is 0 Å². The normalized spacial score (nSPS) is 23.8. The van der Waals surface area contributed by atoms with Crippen LogP contribution in [0.4, 0.5) is 0 Å². The summed E-state index contributed by atoms with van der Waals surface area (Å²) >= 11 is 0. The number of hydrogen-bond acceptors (Lipinski definition) is 3. The van der Waals surface area contributed by atoms with E-state index in [2.05, 4.69) is 37.6 Å². The molecule has 1 fully saturated rings. The average Bonchev–Trinajstić information content (AvgIpc) is 2.18. The summed E-state index contributed by atoms with van der Waals surface area (Å²) in [7, 11) is 2.19. The van der Waals surface area contributed by atoms with Gasteiger partial charge in [0.2, 0.25) is 0 Å². The van der Waals surface area contributed by atoms with Gasteiger partial charge in [-0.25, -0.2) is 0 Å². The maximum absolute atomic E-state index is 5.80. The highest BCUT2D eigenvalue weighted by atomic mass is 15.3. The largest absolute Gasteiger partial charge is 0.330 e. The van der Waals surface area contributed by atoms with Crippen molar-refractivity contribution >= 4 is 0 Å². The molecule has 84 valence electrons. The van der Waals surface area contributed by atoms with E-state index in [4.69, 9.17) is 5.73 Å². The molecule has 0 aliphatic carbocycles. The van der Waals surface area contributed by atoms with Crippen molar-refractivity contribution in [1.29, 1.82) is 0 Å². The van der Waals surface area contributed by atoms with Gasteiger partial charge in [-0.1, -0.05) is 13.8 Å². The van der Waals surface area contributed by atoms with Gasteiger partial charge in [-0.15, -0.1) is 0 Å². The molecule has 0 saturated carbocycles. The zero-order valence-electron chi connectivity index (χ0n) is 10.1. The summed E-state index contributed by atoms with van der Waals surface area (Å²) in [5.74, 6) is 0. The molecule has 0 aromatic carbocycles. The van der Waals surface area contributed by atoms with Crippen LogP contribution < -0.4 is 5.73 Å². The minimum absolute atomic E-state index is 0.232. The van der Waals surface area contributed by atoms with Crippen molar-refractivity contribution in [2.24, 2.45) is 11.1 Å². The number of likely N-dealkylation sites (N-methyl/N-ethyl adjacent to an activating group) is 1. The number of nitrogens with two attached hydrogens (primary N) is 1. The van der Waals surface area contributed by atoms with Crippen molar-refractivity contribution in [1.82, 2.24) is 9.80 Å². The third-order valence-corrected chi connectivity index (χ3v) is 3.74. The van der Waals surface area contributed by atoms with Crippen LogP contribution in [0.1, 0.15) is 20.8 Å². The van der Waals surface area contributed by atoms with Gasteiger partial charge >= 0.3 is 0 Å². The monoisotopic (exact) mass is 199 g/mol. The van der Waals surface area contributed by atoms with E-state index < -0.39 is 0 Å². The minimum Gasteiger partial charge on any atom is -0.330 e. The second-order valence-electron chi connectivity index (χ2n) is 5.21. The highest BCUT2D eigenvalue weighted by Crippen LogP contribution is 2.24. The first-order valence-corrected chi connectivity index (χ1v) is 5.60. The van der Waals surface area contributed by atoms with Gasteiger partial charge in [-0.3, -0.25) is 4.90 Å². The molecule has 1 aliphatic heterocycles. The first-order chi connectivity index (χ1) is 6.47. The maximum Gasteiger partial charge on any atom is 0.0131 e. The lowest BCUT2D eigenvalue weighted by Gasteiger charge is -2.43. The Kier molecular flexibility index (Phi) is 3.93. The van der Waals surface area contributed by atoms with E-state index in [0.717, 1.165) is 6.54 Å². The Morgan fingerprint density at radius 3 is 2.14 bits per heavy atom. The van der Waals surface area contributed by atoms with Crippen LogP contribution in [0.5, 0.6) is 0 Å². The predicted molar refractivity (Wildman–Crippen MR) is 61.4 cm³/mol.